The van der Waals surface area contributed by atoms with E-state index in [9.17, 15) is 9.90 Å². The summed E-state index contributed by atoms with van der Waals surface area (Å²) < 4.78 is 4.85. The molecule has 0 aromatic rings. The molecule has 0 saturated carbocycles. The van der Waals surface area contributed by atoms with E-state index < -0.39 is 0 Å². The Hall–Kier alpha value is -0.570. The van der Waals surface area contributed by atoms with Crippen LogP contribution < -0.4 is 0 Å². The first-order valence-corrected chi connectivity index (χ1v) is 5.93. The van der Waals surface area contributed by atoms with Gasteiger partial charge in [-0.3, -0.25) is 4.79 Å². The second-order valence-corrected chi connectivity index (χ2v) is 4.09. The van der Waals surface area contributed by atoms with Crippen molar-refractivity contribution in [2.24, 2.45) is 5.92 Å². The molecule has 0 aromatic heterocycles. The molecular formula is C12H24O3. The number of aliphatic hydroxyl groups is 1. The number of rotatable bonds is 8. The van der Waals surface area contributed by atoms with E-state index in [1.54, 1.807) is 0 Å². The van der Waals surface area contributed by atoms with Gasteiger partial charge in [-0.15, -0.1) is 0 Å². The normalized spacial score (nSPS) is 14.7. The third-order valence-corrected chi connectivity index (χ3v) is 2.61. The molecule has 2 atom stereocenters. The molecule has 0 aromatic carbocycles. The molecule has 0 amide bonds. The van der Waals surface area contributed by atoms with Crippen LogP contribution in [0.15, 0.2) is 0 Å². The van der Waals surface area contributed by atoms with Crippen LogP contribution in [-0.4, -0.2) is 23.8 Å². The van der Waals surface area contributed by atoms with Gasteiger partial charge in [-0.25, -0.2) is 0 Å². The highest BCUT2D eigenvalue weighted by Gasteiger charge is 2.09. The average Bonchev–Trinajstić information content (AvgIpc) is 2.23. The summed E-state index contributed by atoms with van der Waals surface area (Å²) >= 11 is 0. The molecule has 0 rings (SSSR count). The van der Waals surface area contributed by atoms with Gasteiger partial charge in [0, 0.05) is 6.42 Å². The molecule has 3 heteroatoms. The van der Waals surface area contributed by atoms with Crippen molar-refractivity contribution in [3.8, 4) is 0 Å². The van der Waals surface area contributed by atoms with Gasteiger partial charge in [0.2, 0.25) is 0 Å². The van der Waals surface area contributed by atoms with Crippen LogP contribution in [0.3, 0.4) is 0 Å². The van der Waals surface area contributed by atoms with Gasteiger partial charge in [0.15, 0.2) is 0 Å². The maximum atomic E-state index is 11.1. The zero-order valence-corrected chi connectivity index (χ0v) is 10.2. The number of carbonyl (C=O) groups excluding carboxylic acids is 1. The Kier molecular flexibility index (Phi) is 8.38. The van der Waals surface area contributed by atoms with Crippen LogP contribution in [0.2, 0.25) is 0 Å². The average molecular weight is 216 g/mol. The van der Waals surface area contributed by atoms with Gasteiger partial charge in [0.25, 0.3) is 0 Å². The molecule has 90 valence electrons. The third-order valence-electron chi connectivity index (χ3n) is 2.61. The number of carbonyl (C=O) groups is 1. The lowest BCUT2D eigenvalue weighted by molar-refractivity contribution is -0.143. The molecule has 1 N–H and O–H groups in total. The van der Waals surface area contributed by atoms with E-state index in [4.69, 9.17) is 4.74 Å². The summed E-state index contributed by atoms with van der Waals surface area (Å²) in [6.07, 6.45) is 3.79. The first kappa shape index (κ1) is 14.4. The van der Waals surface area contributed by atoms with Gasteiger partial charge in [-0.1, -0.05) is 13.8 Å². The quantitative estimate of drug-likeness (QED) is 0.634. The molecule has 0 saturated heterocycles. The minimum Gasteiger partial charge on any atom is -0.466 e. The highest BCUT2D eigenvalue weighted by atomic mass is 16.5. The minimum absolute atomic E-state index is 0.111. The van der Waals surface area contributed by atoms with Crippen LogP contribution >= 0.6 is 0 Å². The largest absolute Gasteiger partial charge is 0.466 e. The number of hydrogen-bond acceptors (Lipinski definition) is 3. The Bertz CT molecular complexity index is 168. The van der Waals surface area contributed by atoms with Crippen molar-refractivity contribution in [1.82, 2.24) is 0 Å². The maximum absolute atomic E-state index is 11.1. The summed E-state index contributed by atoms with van der Waals surface area (Å²) in [5.74, 6) is 0.371. The van der Waals surface area contributed by atoms with Crippen LogP contribution in [0.4, 0.5) is 0 Å². The molecular weight excluding hydrogens is 192 g/mol. The van der Waals surface area contributed by atoms with Crippen molar-refractivity contribution in [1.29, 1.82) is 0 Å². The van der Waals surface area contributed by atoms with Crippen molar-refractivity contribution in [3.63, 3.8) is 0 Å². The van der Waals surface area contributed by atoms with Gasteiger partial charge < -0.3 is 9.84 Å². The fraction of sp³-hybridized carbons (Fsp3) is 0.917. The fourth-order valence-corrected chi connectivity index (χ4v) is 1.42. The molecule has 0 fully saturated rings. The van der Waals surface area contributed by atoms with Crippen LogP contribution in [-0.2, 0) is 9.53 Å². The second kappa shape index (κ2) is 8.72. The molecule has 0 spiro atoms. The number of aliphatic hydroxyl groups excluding tert-OH is 1. The summed E-state index contributed by atoms with van der Waals surface area (Å²) in [6, 6.07) is 0. The molecule has 15 heavy (non-hydrogen) atoms. The molecule has 3 nitrogen and oxygen atoms in total. The lowest BCUT2D eigenvalue weighted by Crippen LogP contribution is -2.09. The monoisotopic (exact) mass is 216 g/mol. The molecule has 0 aliphatic heterocycles. The summed E-state index contributed by atoms with van der Waals surface area (Å²) in [5.41, 5.74) is 0. The molecule has 0 aliphatic rings. The molecule has 0 bridgehead atoms. The van der Waals surface area contributed by atoms with Crippen molar-refractivity contribution >= 4 is 5.97 Å². The van der Waals surface area contributed by atoms with Crippen molar-refractivity contribution in [2.45, 2.75) is 59.0 Å². The topological polar surface area (TPSA) is 46.5 Å². The first-order chi connectivity index (χ1) is 7.10. The zero-order chi connectivity index (χ0) is 11.7. The van der Waals surface area contributed by atoms with E-state index in [-0.39, 0.29) is 12.1 Å². The Balaban J connectivity index is 3.48. The standard InChI is InChI=1S/C12H24O3/c1-4-11(13)8-6-10(3)7-9-12(14)15-5-2/h10-11,13H,4-9H2,1-3H3. The lowest BCUT2D eigenvalue weighted by atomic mass is 9.97. The van der Waals surface area contributed by atoms with Gasteiger partial charge in [0.05, 0.1) is 12.7 Å². The summed E-state index contributed by atoms with van der Waals surface area (Å²) in [6.45, 7) is 6.37. The second-order valence-electron chi connectivity index (χ2n) is 4.09. The van der Waals surface area contributed by atoms with E-state index in [0.29, 0.717) is 18.9 Å². The van der Waals surface area contributed by atoms with Crippen molar-refractivity contribution in [3.05, 3.63) is 0 Å². The Labute approximate surface area is 92.8 Å². The van der Waals surface area contributed by atoms with Crippen LogP contribution in [0.25, 0.3) is 0 Å². The highest BCUT2D eigenvalue weighted by Crippen LogP contribution is 2.15. The molecule has 0 heterocycles. The SMILES string of the molecule is CCOC(=O)CCC(C)CCC(O)CC. The van der Waals surface area contributed by atoms with E-state index >= 15 is 0 Å². The lowest BCUT2D eigenvalue weighted by Gasteiger charge is -2.13. The maximum Gasteiger partial charge on any atom is 0.305 e. The number of ether oxygens (including phenoxy) is 1. The van der Waals surface area contributed by atoms with E-state index in [1.807, 2.05) is 13.8 Å². The smallest absolute Gasteiger partial charge is 0.305 e. The number of esters is 1. The summed E-state index contributed by atoms with van der Waals surface area (Å²) in [7, 11) is 0. The molecule has 0 radical (unpaired) electrons. The predicted octanol–water partition coefficient (Wildman–Crippen LogP) is 2.52. The Morgan fingerprint density at radius 3 is 2.47 bits per heavy atom. The predicted molar refractivity (Wildman–Crippen MR) is 60.6 cm³/mol. The third kappa shape index (κ3) is 8.43. The summed E-state index contributed by atoms with van der Waals surface area (Å²) in [4.78, 5) is 11.1. The first-order valence-electron chi connectivity index (χ1n) is 5.93. The van der Waals surface area contributed by atoms with Gasteiger partial charge >= 0.3 is 5.97 Å². The Morgan fingerprint density at radius 2 is 1.93 bits per heavy atom. The summed E-state index contributed by atoms with van der Waals surface area (Å²) in [5, 5.41) is 9.38. The van der Waals surface area contributed by atoms with Crippen molar-refractivity contribution < 1.29 is 14.6 Å². The van der Waals surface area contributed by atoms with E-state index in [0.717, 1.165) is 25.7 Å². The van der Waals surface area contributed by atoms with E-state index in [1.165, 1.54) is 0 Å². The van der Waals surface area contributed by atoms with Gasteiger partial charge in [0.1, 0.15) is 0 Å². The van der Waals surface area contributed by atoms with Crippen LogP contribution in [0.1, 0.15) is 52.9 Å². The van der Waals surface area contributed by atoms with Gasteiger partial charge in [-0.2, -0.15) is 0 Å². The highest BCUT2D eigenvalue weighted by molar-refractivity contribution is 5.69. The van der Waals surface area contributed by atoms with Gasteiger partial charge in [-0.05, 0) is 38.5 Å². The van der Waals surface area contributed by atoms with Crippen LogP contribution in [0, 0.1) is 5.92 Å². The number of hydrogen-bond donors (Lipinski definition) is 1. The minimum atomic E-state index is -0.185. The molecule has 0 aliphatic carbocycles. The fourth-order valence-electron chi connectivity index (χ4n) is 1.42. The molecule has 2 unspecified atom stereocenters. The zero-order valence-electron chi connectivity index (χ0n) is 10.2. The Morgan fingerprint density at radius 1 is 1.27 bits per heavy atom. The van der Waals surface area contributed by atoms with E-state index in [2.05, 4.69) is 6.92 Å². The van der Waals surface area contributed by atoms with Crippen molar-refractivity contribution in [2.75, 3.05) is 6.61 Å². The van der Waals surface area contributed by atoms with Crippen LogP contribution in [0.5, 0.6) is 0 Å².